The molecule has 1 aromatic carbocycles. The van der Waals surface area contributed by atoms with Crippen LogP contribution in [0.15, 0.2) is 28.7 Å². The Morgan fingerprint density at radius 1 is 1.20 bits per heavy atom. The molecule has 0 atom stereocenters. The van der Waals surface area contributed by atoms with Gasteiger partial charge in [-0.05, 0) is 23.8 Å². The summed E-state index contributed by atoms with van der Waals surface area (Å²) >= 11 is 5.80. The molecule has 1 heterocycles. The molecule has 0 unspecified atom stereocenters. The van der Waals surface area contributed by atoms with Crippen molar-refractivity contribution in [1.29, 1.82) is 0 Å². The van der Waals surface area contributed by atoms with Gasteiger partial charge in [-0.2, -0.15) is 0 Å². The molecule has 0 aliphatic rings. The van der Waals surface area contributed by atoms with E-state index in [0.29, 0.717) is 18.3 Å². The predicted octanol–water partition coefficient (Wildman–Crippen LogP) is 3.74. The minimum Gasteiger partial charge on any atom is -0.497 e. The molecule has 0 saturated carbocycles. The summed E-state index contributed by atoms with van der Waals surface area (Å²) in [6, 6.07) is 7.71. The number of rotatable bonds is 6. The topological polar surface area (TPSA) is 44.5 Å². The number of methoxy groups -OCH3 is 2. The highest BCUT2D eigenvalue weighted by Crippen LogP contribution is 2.18. The highest BCUT2D eigenvalue weighted by molar-refractivity contribution is 6.16. The lowest BCUT2D eigenvalue weighted by Crippen LogP contribution is -1.91. The Hall–Kier alpha value is -1.78. The second-order valence-corrected chi connectivity index (χ2v) is 4.36. The Morgan fingerprint density at radius 2 is 1.95 bits per heavy atom. The zero-order chi connectivity index (χ0) is 14.4. The summed E-state index contributed by atoms with van der Waals surface area (Å²) in [4.78, 5) is 4.33. The minimum atomic E-state index is 0.280. The van der Waals surface area contributed by atoms with Gasteiger partial charge in [0.05, 0.1) is 19.6 Å². The van der Waals surface area contributed by atoms with E-state index in [2.05, 4.69) is 4.98 Å². The minimum absolute atomic E-state index is 0.280. The molecule has 0 aliphatic heterocycles. The van der Waals surface area contributed by atoms with Crippen molar-refractivity contribution in [3.05, 3.63) is 47.2 Å². The maximum absolute atomic E-state index is 5.80. The summed E-state index contributed by atoms with van der Waals surface area (Å²) in [6.45, 7) is 0.391. The zero-order valence-electron chi connectivity index (χ0n) is 11.4. The Balaban J connectivity index is 2.13. The largest absolute Gasteiger partial charge is 0.497 e. The molecule has 106 valence electrons. The standard InChI is InChI=1S/C15H16ClNO3/c1-18-10-13-14(9-16)20-15(17-13)8-5-11-3-6-12(19-2)7-4-11/h3-8H,9-10H2,1-2H3/b8-5+. The van der Waals surface area contributed by atoms with Crippen LogP contribution in [0.1, 0.15) is 22.9 Å². The summed E-state index contributed by atoms with van der Waals surface area (Å²) in [6.07, 6.45) is 3.72. The molecule has 0 bridgehead atoms. The van der Waals surface area contributed by atoms with Crippen molar-refractivity contribution in [3.8, 4) is 5.75 Å². The normalized spacial score (nSPS) is 11.2. The van der Waals surface area contributed by atoms with E-state index in [1.807, 2.05) is 30.3 Å². The third-order valence-electron chi connectivity index (χ3n) is 2.73. The van der Waals surface area contributed by atoms with Crippen molar-refractivity contribution in [1.82, 2.24) is 4.98 Å². The number of oxazole rings is 1. The quantitative estimate of drug-likeness (QED) is 0.761. The monoisotopic (exact) mass is 293 g/mol. The maximum Gasteiger partial charge on any atom is 0.219 e. The second kappa shape index (κ2) is 7.12. The molecule has 4 nitrogen and oxygen atoms in total. The Bertz CT molecular complexity index is 575. The van der Waals surface area contributed by atoms with Crippen molar-refractivity contribution >= 4 is 23.8 Å². The Morgan fingerprint density at radius 3 is 2.55 bits per heavy atom. The molecule has 0 fully saturated rings. The van der Waals surface area contributed by atoms with Crippen LogP contribution >= 0.6 is 11.6 Å². The molecular formula is C15H16ClNO3. The number of hydrogen-bond acceptors (Lipinski definition) is 4. The van der Waals surface area contributed by atoms with Gasteiger partial charge in [-0.3, -0.25) is 0 Å². The van der Waals surface area contributed by atoms with Gasteiger partial charge in [0.25, 0.3) is 0 Å². The van der Waals surface area contributed by atoms with Gasteiger partial charge in [0.2, 0.25) is 5.89 Å². The van der Waals surface area contributed by atoms with Gasteiger partial charge < -0.3 is 13.9 Å². The highest BCUT2D eigenvalue weighted by Gasteiger charge is 2.10. The van der Waals surface area contributed by atoms with E-state index in [9.17, 15) is 0 Å². The van der Waals surface area contributed by atoms with Gasteiger partial charge in [0.15, 0.2) is 0 Å². The van der Waals surface area contributed by atoms with Crippen molar-refractivity contribution in [2.24, 2.45) is 0 Å². The summed E-state index contributed by atoms with van der Waals surface area (Å²) in [5.74, 6) is 2.26. The molecule has 2 aromatic rings. The molecule has 1 aromatic heterocycles. The fourth-order valence-electron chi connectivity index (χ4n) is 1.71. The highest BCUT2D eigenvalue weighted by atomic mass is 35.5. The van der Waals surface area contributed by atoms with Gasteiger partial charge in [0, 0.05) is 13.2 Å². The number of nitrogens with zero attached hydrogens (tertiary/aromatic N) is 1. The van der Waals surface area contributed by atoms with Crippen molar-refractivity contribution in [3.63, 3.8) is 0 Å². The van der Waals surface area contributed by atoms with Crippen LogP contribution in [0, 0.1) is 0 Å². The number of benzene rings is 1. The maximum atomic E-state index is 5.80. The lowest BCUT2D eigenvalue weighted by Gasteiger charge is -1.98. The number of alkyl halides is 1. The molecule has 0 amide bonds. The first-order chi connectivity index (χ1) is 9.76. The van der Waals surface area contributed by atoms with E-state index < -0.39 is 0 Å². The molecule has 0 saturated heterocycles. The van der Waals surface area contributed by atoms with Gasteiger partial charge in [-0.25, -0.2) is 4.98 Å². The van der Waals surface area contributed by atoms with E-state index in [1.54, 1.807) is 20.3 Å². The van der Waals surface area contributed by atoms with Crippen LogP contribution in [0.25, 0.3) is 12.2 Å². The van der Waals surface area contributed by atoms with Crippen LogP contribution in [-0.2, 0) is 17.2 Å². The zero-order valence-corrected chi connectivity index (χ0v) is 12.2. The lowest BCUT2D eigenvalue weighted by atomic mass is 10.2. The third kappa shape index (κ3) is 3.62. The Kier molecular flexibility index (Phi) is 5.21. The fourth-order valence-corrected chi connectivity index (χ4v) is 1.92. The lowest BCUT2D eigenvalue weighted by molar-refractivity contribution is 0.180. The van der Waals surface area contributed by atoms with E-state index >= 15 is 0 Å². The van der Waals surface area contributed by atoms with Gasteiger partial charge in [-0.1, -0.05) is 12.1 Å². The predicted molar refractivity (Wildman–Crippen MR) is 78.7 cm³/mol. The van der Waals surface area contributed by atoms with Crippen molar-refractivity contribution in [2.45, 2.75) is 12.5 Å². The first kappa shape index (κ1) is 14.6. The number of hydrogen-bond donors (Lipinski definition) is 0. The molecular weight excluding hydrogens is 278 g/mol. The van der Waals surface area contributed by atoms with Crippen LogP contribution in [0.3, 0.4) is 0 Å². The second-order valence-electron chi connectivity index (χ2n) is 4.10. The van der Waals surface area contributed by atoms with Crippen LogP contribution in [0.5, 0.6) is 5.75 Å². The van der Waals surface area contributed by atoms with Gasteiger partial charge >= 0.3 is 0 Å². The van der Waals surface area contributed by atoms with Crippen LogP contribution in [-0.4, -0.2) is 19.2 Å². The van der Waals surface area contributed by atoms with Gasteiger partial charge in [0.1, 0.15) is 17.2 Å². The van der Waals surface area contributed by atoms with E-state index in [1.165, 1.54) is 0 Å². The average molecular weight is 294 g/mol. The van der Waals surface area contributed by atoms with Crippen molar-refractivity contribution < 1.29 is 13.9 Å². The average Bonchev–Trinajstić information content (AvgIpc) is 2.88. The smallest absolute Gasteiger partial charge is 0.219 e. The van der Waals surface area contributed by atoms with Crippen LogP contribution in [0.4, 0.5) is 0 Å². The molecule has 0 aliphatic carbocycles. The third-order valence-corrected chi connectivity index (χ3v) is 2.97. The molecule has 2 rings (SSSR count). The first-order valence-electron chi connectivity index (χ1n) is 6.12. The van der Waals surface area contributed by atoms with Crippen LogP contribution < -0.4 is 4.74 Å². The summed E-state index contributed by atoms with van der Waals surface area (Å²) < 4.78 is 15.7. The summed E-state index contributed by atoms with van der Waals surface area (Å²) in [7, 11) is 3.25. The van der Waals surface area contributed by atoms with E-state index in [0.717, 1.165) is 17.0 Å². The molecule has 0 spiro atoms. The van der Waals surface area contributed by atoms with Crippen molar-refractivity contribution in [2.75, 3.05) is 14.2 Å². The summed E-state index contributed by atoms with van der Waals surface area (Å²) in [5, 5.41) is 0. The first-order valence-corrected chi connectivity index (χ1v) is 6.66. The molecule has 0 radical (unpaired) electrons. The molecule has 20 heavy (non-hydrogen) atoms. The molecule has 5 heteroatoms. The SMILES string of the molecule is COCc1nc(/C=C/c2ccc(OC)cc2)oc1CCl. The van der Waals surface area contributed by atoms with Gasteiger partial charge in [-0.15, -0.1) is 11.6 Å². The number of aromatic nitrogens is 1. The number of halogens is 1. The van der Waals surface area contributed by atoms with E-state index in [4.69, 9.17) is 25.5 Å². The van der Waals surface area contributed by atoms with E-state index in [-0.39, 0.29) is 5.88 Å². The fraction of sp³-hybridized carbons (Fsp3) is 0.267. The number of ether oxygens (including phenoxy) is 2. The summed E-state index contributed by atoms with van der Waals surface area (Å²) in [5.41, 5.74) is 1.77. The van der Waals surface area contributed by atoms with Crippen LogP contribution in [0.2, 0.25) is 0 Å². The Labute approximate surface area is 123 Å². The molecule has 0 N–H and O–H groups in total.